The number of rotatable bonds is 1. The molecular formula is C10H8INO. The summed E-state index contributed by atoms with van der Waals surface area (Å²) < 4.78 is 1.01. The molecule has 13 heavy (non-hydrogen) atoms. The monoisotopic (exact) mass is 285 g/mol. The first-order chi connectivity index (χ1) is 6.16. The molecule has 0 aliphatic rings. The Morgan fingerprint density at radius 1 is 1.54 bits per heavy atom. The molecule has 0 radical (unpaired) electrons. The smallest absolute Gasteiger partial charge is 0.302 e. The van der Waals surface area contributed by atoms with Crippen molar-refractivity contribution in [3.05, 3.63) is 27.8 Å². The van der Waals surface area contributed by atoms with Crippen LogP contribution in [0, 0.1) is 15.9 Å². The second kappa shape index (κ2) is 4.28. The van der Waals surface area contributed by atoms with E-state index < -0.39 is 0 Å². The van der Waals surface area contributed by atoms with Crippen LogP contribution >= 0.6 is 22.6 Å². The van der Waals surface area contributed by atoms with Gasteiger partial charge >= 0.3 is 5.91 Å². The van der Waals surface area contributed by atoms with Gasteiger partial charge in [-0.1, -0.05) is 12.1 Å². The molecule has 2 nitrogen and oxygen atoms in total. The van der Waals surface area contributed by atoms with Crippen LogP contribution in [0.4, 0.5) is 5.69 Å². The molecule has 1 amide bonds. The molecule has 1 aromatic rings. The predicted octanol–water partition coefficient (Wildman–Crippen LogP) is 1.89. The van der Waals surface area contributed by atoms with Crippen molar-refractivity contribution >= 4 is 34.2 Å². The van der Waals surface area contributed by atoms with Gasteiger partial charge in [0.05, 0.1) is 5.69 Å². The lowest BCUT2D eigenvalue weighted by atomic mass is 10.3. The van der Waals surface area contributed by atoms with Gasteiger partial charge in [-0.25, -0.2) is 0 Å². The molecule has 0 N–H and O–H groups in total. The molecule has 1 rings (SSSR count). The summed E-state index contributed by atoms with van der Waals surface area (Å²) in [4.78, 5) is 12.6. The first-order valence-electron chi connectivity index (χ1n) is 3.65. The minimum atomic E-state index is -0.330. The van der Waals surface area contributed by atoms with E-state index in [9.17, 15) is 4.79 Å². The quantitative estimate of drug-likeness (QED) is 0.570. The van der Waals surface area contributed by atoms with Crippen molar-refractivity contribution in [2.45, 2.75) is 0 Å². The van der Waals surface area contributed by atoms with Crippen LogP contribution in [0.25, 0.3) is 0 Å². The molecule has 66 valence electrons. The van der Waals surface area contributed by atoms with Crippen LogP contribution in [0.3, 0.4) is 0 Å². The topological polar surface area (TPSA) is 20.3 Å². The van der Waals surface area contributed by atoms with E-state index in [-0.39, 0.29) is 5.91 Å². The summed E-state index contributed by atoms with van der Waals surface area (Å²) in [6.07, 6.45) is 5.02. The van der Waals surface area contributed by atoms with E-state index in [1.54, 1.807) is 7.05 Å². The summed E-state index contributed by atoms with van der Waals surface area (Å²) in [7, 11) is 1.67. The van der Waals surface area contributed by atoms with Crippen molar-refractivity contribution in [3.8, 4) is 12.3 Å². The lowest BCUT2D eigenvalue weighted by molar-refractivity contribution is -0.113. The average molecular weight is 285 g/mol. The normalized spacial score (nSPS) is 9.00. The standard InChI is InChI=1S/C10H8INO/c1-3-10(13)12(2)9-7-5-4-6-8(9)11/h1,4-7H,2H3. The zero-order chi connectivity index (χ0) is 9.84. The fourth-order valence-corrected chi connectivity index (χ4v) is 1.68. The number of halogens is 1. The van der Waals surface area contributed by atoms with Gasteiger partial charge in [0.25, 0.3) is 0 Å². The van der Waals surface area contributed by atoms with E-state index in [0.717, 1.165) is 9.26 Å². The van der Waals surface area contributed by atoms with Crippen molar-refractivity contribution in [2.75, 3.05) is 11.9 Å². The number of para-hydroxylation sites is 1. The van der Waals surface area contributed by atoms with E-state index in [0.29, 0.717) is 0 Å². The van der Waals surface area contributed by atoms with Crippen molar-refractivity contribution in [3.63, 3.8) is 0 Å². The van der Waals surface area contributed by atoms with Crippen LogP contribution in [-0.2, 0) is 4.79 Å². The van der Waals surface area contributed by atoms with E-state index in [1.165, 1.54) is 4.90 Å². The SMILES string of the molecule is C#CC(=O)N(C)c1ccccc1I. The van der Waals surface area contributed by atoms with E-state index in [2.05, 4.69) is 28.5 Å². The maximum atomic E-state index is 11.2. The Labute approximate surface area is 91.1 Å². The summed E-state index contributed by atoms with van der Waals surface area (Å²) in [6.45, 7) is 0. The minimum absolute atomic E-state index is 0.330. The van der Waals surface area contributed by atoms with Gasteiger partial charge in [0, 0.05) is 10.6 Å². The average Bonchev–Trinajstić information content (AvgIpc) is 2.16. The molecule has 0 saturated carbocycles. The third-order valence-electron chi connectivity index (χ3n) is 1.64. The summed E-state index contributed by atoms with van der Waals surface area (Å²) in [5.74, 6) is 1.74. The molecule has 0 atom stereocenters. The molecule has 0 unspecified atom stereocenters. The van der Waals surface area contributed by atoms with Gasteiger partial charge in [-0.15, -0.1) is 6.42 Å². The van der Waals surface area contributed by atoms with Crippen molar-refractivity contribution in [1.29, 1.82) is 0 Å². The maximum Gasteiger partial charge on any atom is 0.302 e. The fraction of sp³-hybridized carbons (Fsp3) is 0.100. The molecular weight excluding hydrogens is 277 g/mol. The highest BCUT2D eigenvalue weighted by molar-refractivity contribution is 14.1. The molecule has 0 aliphatic carbocycles. The summed E-state index contributed by atoms with van der Waals surface area (Å²) in [5, 5.41) is 0. The molecule has 1 aromatic carbocycles. The lowest BCUT2D eigenvalue weighted by Crippen LogP contribution is -2.24. The van der Waals surface area contributed by atoms with Gasteiger partial charge in [0.2, 0.25) is 0 Å². The number of terminal acetylenes is 1. The number of anilines is 1. The van der Waals surface area contributed by atoms with Crippen LogP contribution in [-0.4, -0.2) is 13.0 Å². The van der Waals surface area contributed by atoms with Crippen LogP contribution in [0.15, 0.2) is 24.3 Å². The summed E-state index contributed by atoms with van der Waals surface area (Å²) in [5.41, 5.74) is 0.839. The van der Waals surface area contributed by atoms with Gasteiger partial charge in [0.15, 0.2) is 0 Å². The second-order valence-electron chi connectivity index (χ2n) is 2.46. The highest BCUT2D eigenvalue weighted by Gasteiger charge is 2.09. The molecule has 0 bridgehead atoms. The number of nitrogens with zero attached hydrogens (tertiary/aromatic N) is 1. The molecule has 0 fully saturated rings. The second-order valence-corrected chi connectivity index (χ2v) is 3.62. The number of hydrogen-bond acceptors (Lipinski definition) is 1. The molecule has 0 aromatic heterocycles. The van der Waals surface area contributed by atoms with E-state index >= 15 is 0 Å². The Morgan fingerprint density at radius 3 is 2.69 bits per heavy atom. The number of hydrogen-bond donors (Lipinski definition) is 0. The van der Waals surface area contributed by atoms with Crippen LogP contribution in [0.1, 0.15) is 0 Å². The summed E-state index contributed by atoms with van der Waals surface area (Å²) >= 11 is 2.16. The van der Waals surface area contributed by atoms with Crippen molar-refractivity contribution in [2.24, 2.45) is 0 Å². The molecule has 0 spiro atoms. The molecule has 0 aliphatic heterocycles. The van der Waals surface area contributed by atoms with E-state index in [4.69, 9.17) is 6.42 Å². The Kier molecular flexibility index (Phi) is 3.32. The van der Waals surface area contributed by atoms with Gasteiger partial charge in [-0.05, 0) is 40.6 Å². The first-order valence-corrected chi connectivity index (χ1v) is 4.73. The van der Waals surface area contributed by atoms with Crippen LogP contribution < -0.4 is 4.90 Å². The van der Waals surface area contributed by atoms with Gasteiger partial charge in [-0.2, -0.15) is 0 Å². The zero-order valence-corrected chi connectivity index (χ0v) is 9.28. The third-order valence-corrected chi connectivity index (χ3v) is 2.55. The number of benzene rings is 1. The van der Waals surface area contributed by atoms with Gasteiger partial charge < -0.3 is 4.90 Å². The number of amides is 1. The van der Waals surface area contributed by atoms with Crippen LogP contribution in [0.2, 0.25) is 0 Å². The lowest BCUT2D eigenvalue weighted by Gasteiger charge is -2.15. The highest BCUT2D eigenvalue weighted by Crippen LogP contribution is 2.20. The maximum absolute atomic E-state index is 11.2. The third kappa shape index (κ3) is 2.22. The van der Waals surface area contributed by atoms with Crippen LogP contribution in [0.5, 0.6) is 0 Å². The van der Waals surface area contributed by atoms with E-state index in [1.807, 2.05) is 24.3 Å². The van der Waals surface area contributed by atoms with Crippen molar-refractivity contribution < 1.29 is 4.79 Å². The fourth-order valence-electron chi connectivity index (χ4n) is 0.930. The number of carbonyl (C=O) groups is 1. The summed E-state index contributed by atoms with van der Waals surface area (Å²) in [6, 6.07) is 7.57. The Bertz CT molecular complexity index is 367. The number of carbonyl (C=O) groups excluding carboxylic acids is 1. The van der Waals surface area contributed by atoms with Gasteiger partial charge in [-0.3, -0.25) is 4.79 Å². The Balaban J connectivity index is 3.03. The minimum Gasteiger partial charge on any atom is -0.304 e. The van der Waals surface area contributed by atoms with Gasteiger partial charge in [0.1, 0.15) is 0 Å². The first kappa shape index (κ1) is 10.1. The highest BCUT2D eigenvalue weighted by atomic mass is 127. The predicted molar refractivity (Wildman–Crippen MR) is 61.4 cm³/mol. The molecule has 3 heteroatoms. The molecule has 0 saturated heterocycles. The Morgan fingerprint density at radius 2 is 2.15 bits per heavy atom. The molecule has 0 heterocycles. The Hall–Kier alpha value is -1.02. The largest absolute Gasteiger partial charge is 0.304 e. The zero-order valence-electron chi connectivity index (χ0n) is 7.12. The van der Waals surface area contributed by atoms with Crippen molar-refractivity contribution in [1.82, 2.24) is 0 Å².